The SMILES string of the molecule is CCCCc1nc2c(N)nc3cc(C(=O)OC)ccc3c2n1CCCCCN(C)C. The zero-order chi connectivity index (χ0) is 21.7. The van der Waals surface area contributed by atoms with Gasteiger partial charge in [-0.05, 0) is 58.1 Å². The largest absolute Gasteiger partial charge is 0.465 e. The Morgan fingerprint density at radius 2 is 1.97 bits per heavy atom. The van der Waals surface area contributed by atoms with E-state index in [0.717, 1.165) is 67.4 Å². The van der Waals surface area contributed by atoms with E-state index in [2.05, 4.69) is 35.5 Å². The van der Waals surface area contributed by atoms with E-state index in [1.54, 1.807) is 12.1 Å². The van der Waals surface area contributed by atoms with Gasteiger partial charge >= 0.3 is 5.97 Å². The van der Waals surface area contributed by atoms with Crippen molar-refractivity contribution in [2.75, 3.05) is 33.5 Å². The summed E-state index contributed by atoms with van der Waals surface area (Å²) in [5, 5.41) is 0.968. The average molecular weight is 412 g/mol. The molecule has 0 radical (unpaired) electrons. The standard InChI is InChI=1S/C23H33N5O2/c1-5-6-10-19-26-20-21(28(19)14-9-7-8-13-27(2)3)17-12-11-16(23(29)30-4)15-18(17)25-22(20)24/h11-12,15H,5-10,13-14H2,1-4H3,(H2,24,25). The highest BCUT2D eigenvalue weighted by Gasteiger charge is 2.18. The van der Waals surface area contributed by atoms with Crippen LogP contribution in [-0.2, 0) is 17.7 Å². The first-order chi connectivity index (χ1) is 14.5. The fraction of sp³-hybridized carbons (Fsp3) is 0.522. The number of hydrogen-bond donors (Lipinski definition) is 1. The maximum Gasteiger partial charge on any atom is 0.337 e. The molecule has 0 atom stereocenters. The number of carbonyl (C=O) groups excluding carboxylic acids is 1. The summed E-state index contributed by atoms with van der Waals surface area (Å²) in [6, 6.07) is 5.47. The van der Waals surface area contributed by atoms with E-state index in [9.17, 15) is 4.79 Å². The molecule has 0 bridgehead atoms. The summed E-state index contributed by atoms with van der Waals surface area (Å²) in [6.07, 6.45) is 6.55. The molecule has 7 nitrogen and oxygen atoms in total. The highest BCUT2D eigenvalue weighted by atomic mass is 16.5. The maximum atomic E-state index is 11.9. The Kier molecular flexibility index (Phi) is 7.26. The molecular weight excluding hydrogens is 378 g/mol. The first kappa shape index (κ1) is 22.0. The van der Waals surface area contributed by atoms with Crippen LogP contribution in [0.15, 0.2) is 18.2 Å². The molecule has 3 aromatic rings. The number of fused-ring (bicyclic) bond motifs is 3. The van der Waals surface area contributed by atoms with Crippen molar-refractivity contribution in [3.05, 3.63) is 29.6 Å². The summed E-state index contributed by atoms with van der Waals surface area (Å²) in [4.78, 5) is 23.6. The second kappa shape index (κ2) is 9.89. The van der Waals surface area contributed by atoms with Gasteiger partial charge < -0.3 is 19.9 Å². The zero-order valence-electron chi connectivity index (χ0n) is 18.6. The molecule has 0 aliphatic heterocycles. The van der Waals surface area contributed by atoms with Crippen LogP contribution in [0, 0.1) is 0 Å². The lowest BCUT2D eigenvalue weighted by Gasteiger charge is -2.12. The number of methoxy groups -OCH3 is 1. The number of aromatic nitrogens is 3. The fourth-order valence-electron chi connectivity index (χ4n) is 3.84. The van der Waals surface area contributed by atoms with E-state index in [4.69, 9.17) is 15.5 Å². The Labute approximate surface area is 178 Å². The van der Waals surface area contributed by atoms with Gasteiger partial charge in [0.2, 0.25) is 0 Å². The van der Waals surface area contributed by atoms with Crippen LogP contribution in [0.3, 0.4) is 0 Å². The first-order valence-corrected chi connectivity index (χ1v) is 10.8. The quantitative estimate of drug-likeness (QED) is 0.400. The van der Waals surface area contributed by atoms with Crippen molar-refractivity contribution in [2.24, 2.45) is 0 Å². The van der Waals surface area contributed by atoms with Crippen molar-refractivity contribution in [2.45, 2.75) is 52.0 Å². The van der Waals surface area contributed by atoms with Gasteiger partial charge in [-0.3, -0.25) is 0 Å². The number of nitrogens with zero attached hydrogens (tertiary/aromatic N) is 4. The molecule has 1 aromatic carbocycles. The van der Waals surface area contributed by atoms with Crippen molar-refractivity contribution in [1.82, 2.24) is 19.4 Å². The van der Waals surface area contributed by atoms with Crippen LogP contribution in [0.4, 0.5) is 5.82 Å². The summed E-state index contributed by atoms with van der Waals surface area (Å²) >= 11 is 0. The number of aryl methyl sites for hydroxylation is 2. The van der Waals surface area contributed by atoms with Crippen LogP contribution in [0.1, 0.15) is 55.2 Å². The smallest absolute Gasteiger partial charge is 0.337 e. The van der Waals surface area contributed by atoms with Crippen molar-refractivity contribution in [3.8, 4) is 0 Å². The number of esters is 1. The Morgan fingerprint density at radius 1 is 1.17 bits per heavy atom. The molecule has 2 N–H and O–H groups in total. The Balaban J connectivity index is 2.03. The molecule has 0 fully saturated rings. The minimum absolute atomic E-state index is 0.379. The Bertz CT molecular complexity index is 1030. The van der Waals surface area contributed by atoms with Gasteiger partial charge in [0.25, 0.3) is 0 Å². The monoisotopic (exact) mass is 411 g/mol. The van der Waals surface area contributed by atoms with Crippen LogP contribution in [0.2, 0.25) is 0 Å². The Hall–Kier alpha value is -2.67. The zero-order valence-corrected chi connectivity index (χ0v) is 18.6. The normalized spacial score (nSPS) is 11.6. The molecule has 2 heterocycles. The van der Waals surface area contributed by atoms with Crippen molar-refractivity contribution >= 4 is 33.7 Å². The second-order valence-corrected chi connectivity index (χ2v) is 8.06. The van der Waals surface area contributed by atoms with Crippen LogP contribution in [0.25, 0.3) is 21.9 Å². The van der Waals surface area contributed by atoms with Gasteiger partial charge in [-0.25, -0.2) is 14.8 Å². The summed E-state index contributed by atoms with van der Waals surface area (Å²) in [7, 11) is 5.59. The van der Waals surface area contributed by atoms with Gasteiger partial charge in [0.1, 0.15) is 11.3 Å². The summed E-state index contributed by atoms with van der Waals surface area (Å²) < 4.78 is 7.17. The number of hydrogen-bond acceptors (Lipinski definition) is 6. The minimum Gasteiger partial charge on any atom is -0.465 e. The maximum absolute atomic E-state index is 11.9. The first-order valence-electron chi connectivity index (χ1n) is 10.8. The molecule has 0 spiro atoms. The fourth-order valence-corrected chi connectivity index (χ4v) is 3.84. The number of ether oxygens (including phenoxy) is 1. The molecule has 162 valence electrons. The predicted molar refractivity (Wildman–Crippen MR) is 122 cm³/mol. The molecule has 2 aromatic heterocycles. The third-order valence-electron chi connectivity index (χ3n) is 5.45. The minimum atomic E-state index is -0.379. The highest BCUT2D eigenvalue weighted by molar-refractivity contribution is 6.08. The van der Waals surface area contributed by atoms with E-state index in [-0.39, 0.29) is 5.97 Å². The molecule has 0 unspecified atom stereocenters. The number of unbranched alkanes of at least 4 members (excludes halogenated alkanes) is 3. The van der Waals surface area contributed by atoms with E-state index in [1.807, 2.05) is 6.07 Å². The lowest BCUT2D eigenvalue weighted by atomic mass is 10.1. The van der Waals surface area contributed by atoms with Crippen LogP contribution >= 0.6 is 0 Å². The molecule has 0 aliphatic carbocycles. The van der Waals surface area contributed by atoms with Crippen LogP contribution in [0.5, 0.6) is 0 Å². The van der Waals surface area contributed by atoms with Gasteiger partial charge in [-0.2, -0.15) is 0 Å². The van der Waals surface area contributed by atoms with Gasteiger partial charge in [-0.15, -0.1) is 0 Å². The number of benzene rings is 1. The van der Waals surface area contributed by atoms with Crippen LogP contribution in [-0.4, -0.2) is 53.2 Å². The third-order valence-corrected chi connectivity index (χ3v) is 5.45. The number of nitrogens with two attached hydrogens (primary N) is 1. The van der Waals surface area contributed by atoms with E-state index < -0.39 is 0 Å². The number of pyridine rings is 1. The predicted octanol–water partition coefficient (Wildman–Crippen LogP) is 4.03. The van der Waals surface area contributed by atoms with Gasteiger partial charge in [-0.1, -0.05) is 19.8 Å². The topological polar surface area (TPSA) is 86.3 Å². The summed E-state index contributed by atoms with van der Waals surface area (Å²) in [6.45, 7) is 4.19. The lowest BCUT2D eigenvalue weighted by molar-refractivity contribution is 0.0601. The highest BCUT2D eigenvalue weighted by Crippen LogP contribution is 2.30. The summed E-state index contributed by atoms with van der Waals surface area (Å²) in [5.41, 5.74) is 9.23. The van der Waals surface area contributed by atoms with Crippen LogP contribution < -0.4 is 5.73 Å². The summed E-state index contributed by atoms with van der Waals surface area (Å²) in [5.74, 6) is 1.09. The van der Waals surface area contributed by atoms with Crippen molar-refractivity contribution in [3.63, 3.8) is 0 Å². The number of imidazole rings is 1. The molecule has 0 aliphatic rings. The molecule has 7 heteroatoms. The molecule has 0 saturated carbocycles. The lowest BCUT2D eigenvalue weighted by Crippen LogP contribution is -2.13. The molecule has 0 amide bonds. The van der Waals surface area contributed by atoms with Gasteiger partial charge in [0, 0.05) is 18.4 Å². The third kappa shape index (κ3) is 4.73. The number of nitrogen functional groups attached to an aromatic ring is 1. The van der Waals surface area contributed by atoms with Gasteiger partial charge in [0.05, 0.1) is 23.7 Å². The number of carbonyl (C=O) groups is 1. The number of anilines is 1. The van der Waals surface area contributed by atoms with Crippen molar-refractivity contribution in [1.29, 1.82) is 0 Å². The van der Waals surface area contributed by atoms with Crippen molar-refractivity contribution < 1.29 is 9.53 Å². The number of rotatable bonds is 10. The van der Waals surface area contributed by atoms with E-state index in [0.29, 0.717) is 16.9 Å². The van der Waals surface area contributed by atoms with E-state index >= 15 is 0 Å². The molecule has 3 rings (SSSR count). The van der Waals surface area contributed by atoms with Gasteiger partial charge in [0.15, 0.2) is 5.82 Å². The average Bonchev–Trinajstić information content (AvgIpc) is 3.10. The molecule has 0 saturated heterocycles. The molecular formula is C23H33N5O2. The molecule has 30 heavy (non-hydrogen) atoms. The second-order valence-electron chi connectivity index (χ2n) is 8.06. The Morgan fingerprint density at radius 3 is 2.67 bits per heavy atom. The van der Waals surface area contributed by atoms with E-state index in [1.165, 1.54) is 13.5 Å².